The Morgan fingerprint density at radius 1 is 1.00 bits per heavy atom. The smallest absolute Gasteiger partial charge is 0.203 e. The number of halogens is 1. The number of nitrogens with zero attached hydrogens (tertiary/aromatic N) is 1. The molecule has 2 N–H and O–H groups in total. The highest BCUT2D eigenvalue weighted by molar-refractivity contribution is 14.0. The van der Waals surface area contributed by atoms with Crippen LogP contribution in [-0.2, 0) is 11.3 Å². The van der Waals surface area contributed by atoms with E-state index in [2.05, 4.69) is 22.5 Å². The number of guanidine groups is 1. The van der Waals surface area contributed by atoms with Gasteiger partial charge in [0.15, 0.2) is 17.5 Å². The van der Waals surface area contributed by atoms with E-state index in [1.807, 2.05) is 12.1 Å². The monoisotopic (exact) mass is 535 g/mol. The van der Waals surface area contributed by atoms with Crippen LogP contribution in [0.15, 0.2) is 17.1 Å². The SMILES string of the molecule is CCNC(=NCc1cc(OC)c(OC)c(OC)c1)NCCCOC1CCCCC1.I. The van der Waals surface area contributed by atoms with Crippen LogP contribution >= 0.6 is 24.0 Å². The standard InChI is InChI=1S/C22H37N3O4.HI/c1-5-23-22(24-12-9-13-29-18-10-7-6-8-11-18)25-16-17-14-19(26-2)21(28-4)20(15-17)27-3;/h14-15,18H,5-13,16H2,1-4H3,(H2,23,24,25);1H. The van der Waals surface area contributed by atoms with Gasteiger partial charge in [-0.15, -0.1) is 24.0 Å². The van der Waals surface area contributed by atoms with E-state index < -0.39 is 0 Å². The van der Waals surface area contributed by atoms with Crippen LogP contribution in [0.4, 0.5) is 0 Å². The van der Waals surface area contributed by atoms with Gasteiger partial charge >= 0.3 is 0 Å². The molecular weight excluding hydrogens is 497 g/mol. The van der Waals surface area contributed by atoms with Gasteiger partial charge in [0.25, 0.3) is 0 Å². The van der Waals surface area contributed by atoms with E-state index in [1.54, 1.807) is 21.3 Å². The molecule has 8 heteroatoms. The van der Waals surface area contributed by atoms with Gasteiger partial charge in [0, 0.05) is 19.7 Å². The lowest BCUT2D eigenvalue weighted by molar-refractivity contribution is 0.0277. The number of aliphatic imine (C=N–C) groups is 1. The van der Waals surface area contributed by atoms with Crippen molar-refractivity contribution in [3.05, 3.63) is 17.7 Å². The molecule has 2 rings (SSSR count). The van der Waals surface area contributed by atoms with Gasteiger partial charge in [-0.25, -0.2) is 4.99 Å². The number of ether oxygens (including phenoxy) is 4. The molecule has 0 heterocycles. The van der Waals surface area contributed by atoms with E-state index in [4.69, 9.17) is 18.9 Å². The van der Waals surface area contributed by atoms with Crippen molar-refractivity contribution in [2.24, 2.45) is 4.99 Å². The third kappa shape index (κ3) is 8.75. The van der Waals surface area contributed by atoms with Crippen LogP contribution in [-0.4, -0.2) is 53.1 Å². The number of hydrogen-bond acceptors (Lipinski definition) is 5. The molecule has 7 nitrogen and oxygen atoms in total. The number of nitrogens with one attached hydrogen (secondary N) is 2. The summed E-state index contributed by atoms with van der Waals surface area (Å²) < 4.78 is 22.2. The van der Waals surface area contributed by atoms with Crippen LogP contribution in [0.2, 0.25) is 0 Å². The van der Waals surface area contributed by atoms with E-state index in [-0.39, 0.29) is 24.0 Å². The number of benzene rings is 1. The fourth-order valence-electron chi connectivity index (χ4n) is 3.50. The van der Waals surface area contributed by atoms with Crippen LogP contribution in [0.5, 0.6) is 17.2 Å². The van der Waals surface area contributed by atoms with Gasteiger partial charge in [0.1, 0.15) is 0 Å². The Hall–Kier alpha value is -1.42. The predicted molar refractivity (Wildman–Crippen MR) is 132 cm³/mol. The maximum Gasteiger partial charge on any atom is 0.203 e. The third-order valence-electron chi connectivity index (χ3n) is 5.01. The number of rotatable bonds is 11. The summed E-state index contributed by atoms with van der Waals surface area (Å²) in [5.41, 5.74) is 0.984. The Bertz CT molecular complexity index is 612. The molecule has 0 radical (unpaired) electrons. The van der Waals surface area contributed by atoms with Gasteiger partial charge < -0.3 is 29.6 Å². The van der Waals surface area contributed by atoms with Crippen LogP contribution < -0.4 is 24.8 Å². The van der Waals surface area contributed by atoms with E-state index in [0.717, 1.165) is 37.6 Å². The fraction of sp³-hybridized carbons (Fsp3) is 0.682. The van der Waals surface area contributed by atoms with Gasteiger partial charge in [0.2, 0.25) is 5.75 Å². The summed E-state index contributed by atoms with van der Waals surface area (Å²) in [5, 5.41) is 6.66. The summed E-state index contributed by atoms with van der Waals surface area (Å²) >= 11 is 0. The molecule has 0 aliphatic heterocycles. The van der Waals surface area contributed by atoms with Crippen LogP contribution in [0.3, 0.4) is 0 Å². The first-order valence-corrected chi connectivity index (χ1v) is 10.6. The van der Waals surface area contributed by atoms with Crippen molar-refractivity contribution in [3.63, 3.8) is 0 Å². The second-order valence-electron chi connectivity index (χ2n) is 7.14. The van der Waals surface area contributed by atoms with Gasteiger partial charge in [0.05, 0.1) is 34.0 Å². The molecule has 1 fully saturated rings. The molecule has 1 saturated carbocycles. The summed E-state index contributed by atoms with van der Waals surface area (Å²) in [4.78, 5) is 4.68. The van der Waals surface area contributed by atoms with Gasteiger partial charge in [-0.05, 0) is 43.9 Å². The minimum Gasteiger partial charge on any atom is -0.493 e. The van der Waals surface area contributed by atoms with Crippen molar-refractivity contribution in [1.29, 1.82) is 0 Å². The molecule has 1 aromatic carbocycles. The van der Waals surface area contributed by atoms with E-state index in [9.17, 15) is 0 Å². The zero-order valence-corrected chi connectivity index (χ0v) is 21.1. The Morgan fingerprint density at radius 3 is 2.23 bits per heavy atom. The van der Waals surface area contributed by atoms with Crippen molar-refractivity contribution in [1.82, 2.24) is 10.6 Å². The third-order valence-corrected chi connectivity index (χ3v) is 5.01. The Balaban J connectivity index is 0.00000450. The maximum atomic E-state index is 5.99. The topological polar surface area (TPSA) is 73.3 Å². The first kappa shape index (κ1) is 26.6. The zero-order chi connectivity index (χ0) is 20.9. The molecule has 0 bridgehead atoms. The molecule has 0 amide bonds. The molecule has 0 unspecified atom stereocenters. The molecule has 172 valence electrons. The lowest BCUT2D eigenvalue weighted by Crippen LogP contribution is -2.38. The molecule has 0 spiro atoms. The van der Waals surface area contributed by atoms with E-state index in [1.165, 1.54) is 32.1 Å². The summed E-state index contributed by atoms with van der Waals surface area (Å²) in [5.74, 6) is 2.65. The lowest BCUT2D eigenvalue weighted by atomic mass is 9.98. The summed E-state index contributed by atoms with van der Waals surface area (Å²) in [6, 6.07) is 3.85. The van der Waals surface area contributed by atoms with Crippen LogP contribution in [0, 0.1) is 0 Å². The van der Waals surface area contributed by atoms with E-state index >= 15 is 0 Å². The van der Waals surface area contributed by atoms with Crippen LogP contribution in [0.25, 0.3) is 0 Å². The fourth-order valence-corrected chi connectivity index (χ4v) is 3.50. The van der Waals surface area contributed by atoms with Crippen LogP contribution in [0.1, 0.15) is 51.0 Å². The Morgan fingerprint density at radius 2 is 1.67 bits per heavy atom. The molecular formula is C22H38IN3O4. The second kappa shape index (κ2) is 15.4. The summed E-state index contributed by atoms with van der Waals surface area (Å²) in [6.07, 6.45) is 7.83. The zero-order valence-electron chi connectivity index (χ0n) is 18.8. The number of methoxy groups -OCH3 is 3. The normalized spacial score (nSPS) is 14.6. The quantitative estimate of drug-likeness (QED) is 0.192. The Labute approximate surface area is 198 Å². The maximum absolute atomic E-state index is 5.99. The van der Waals surface area contributed by atoms with Gasteiger partial charge in [-0.3, -0.25) is 0 Å². The minimum atomic E-state index is 0. The molecule has 1 aliphatic rings. The molecule has 1 aliphatic carbocycles. The van der Waals surface area contributed by atoms with Crippen molar-refractivity contribution < 1.29 is 18.9 Å². The largest absolute Gasteiger partial charge is 0.493 e. The molecule has 0 atom stereocenters. The summed E-state index contributed by atoms with van der Waals surface area (Å²) in [7, 11) is 4.83. The molecule has 30 heavy (non-hydrogen) atoms. The first-order chi connectivity index (χ1) is 14.2. The first-order valence-electron chi connectivity index (χ1n) is 10.6. The highest BCUT2D eigenvalue weighted by atomic mass is 127. The van der Waals surface area contributed by atoms with Crippen molar-refractivity contribution >= 4 is 29.9 Å². The van der Waals surface area contributed by atoms with Crippen molar-refractivity contribution in [3.8, 4) is 17.2 Å². The lowest BCUT2D eigenvalue weighted by Gasteiger charge is -2.22. The van der Waals surface area contributed by atoms with Crippen molar-refractivity contribution in [2.75, 3.05) is 41.0 Å². The van der Waals surface area contributed by atoms with Gasteiger partial charge in [-0.2, -0.15) is 0 Å². The highest BCUT2D eigenvalue weighted by Gasteiger charge is 2.14. The average Bonchev–Trinajstić information content (AvgIpc) is 2.76. The van der Waals surface area contributed by atoms with Gasteiger partial charge in [-0.1, -0.05) is 19.3 Å². The number of hydrogen-bond donors (Lipinski definition) is 2. The molecule has 1 aromatic rings. The molecule has 0 aromatic heterocycles. The van der Waals surface area contributed by atoms with Crippen molar-refractivity contribution in [2.45, 2.75) is 58.1 Å². The highest BCUT2D eigenvalue weighted by Crippen LogP contribution is 2.38. The van der Waals surface area contributed by atoms with E-state index in [0.29, 0.717) is 29.9 Å². The second-order valence-corrected chi connectivity index (χ2v) is 7.14. The average molecular weight is 535 g/mol. The predicted octanol–water partition coefficient (Wildman–Crippen LogP) is 4.12. The minimum absolute atomic E-state index is 0. The molecule has 0 saturated heterocycles. The summed E-state index contributed by atoms with van der Waals surface area (Å²) in [6.45, 7) is 4.99. The Kier molecular flexibility index (Phi) is 13.7.